The van der Waals surface area contributed by atoms with Crippen LogP contribution in [0.4, 0.5) is 0 Å². The van der Waals surface area contributed by atoms with Gasteiger partial charge in [0.1, 0.15) is 0 Å². The van der Waals surface area contributed by atoms with Crippen LogP contribution in [0.15, 0.2) is 36.7 Å². The van der Waals surface area contributed by atoms with Crippen LogP contribution in [0.25, 0.3) is 11.4 Å². The lowest BCUT2D eigenvalue weighted by atomic mass is 9.86. The Hall–Kier alpha value is -1.94. The van der Waals surface area contributed by atoms with Crippen molar-refractivity contribution < 1.29 is 9.90 Å². The summed E-state index contributed by atoms with van der Waals surface area (Å²) in [5, 5.41) is 9.30. The largest absolute Gasteiger partial charge is 0.481 e. The molecule has 0 bridgehead atoms. The molecule has 2 aromatic rings. The van der Waals surface area contributed by atoms with Gasteiger partial charge in [-0.2, -0.15) is 0 Å². The summed E-state index contributed by atoms with van der Waals surface area (Å²) in [6.07, 6.45) is 13.0. The summed E-state index contributed by atoms with van der Waals surface area (Å²) >= 11 is 6.54. The third-order valence-corrected chi connectivity index (χ3v) is 6.36. The first-order valence-corrected chi connectivity index (χ1v) is 11.7. The number of alkyl halides is 1. The zero-order chi connectivity index (χ0) is 21.9. The predicted molar refractivity (Wildman–Crippen MR) is 124 cm³/mol. The Morgan fingerprint density at radius 3 is 2.20 bits per heavy atom. The molecule has 1 aromatic heterocycles. The molecule has 0 saturated heterocycles. The molecule has 4 nitrogen and oxygen atoms in total. The normalized spacial score (nSPS) is 14.3. The second-order valence-electron chi connectivity index (χ2n) is 8.23. The average Bonchev–Trinajstić information content (AvgIpc) is 2.74. The van der Waals surface area contributed by atoms with E-state index in [2.05, 4.69) is 23.8 Å². The highest BCUT2D eigenvalue weighted by Crippen LogP contribution is 2.32. The van der Waals surface area contributed by atoms with Crippen molar-refractivity contribution in [1.29, 1.82) is 0 Å². The van der Waals surface area contributed by atoms with Gasteiger partial charge in [-0.3, -0.25) is 4.79 Å². The zero-order valence-electron chi connectivity index (χ0n) is 18.5. The second-order valence-corrected chi connectivity index (χ2v) is 8.73. The van der Waals surface area contributed by atoms with E-state index in [4.69, 9.17) is 11.6 Å². The lowest BCUT2D eigenvalue weighted by molar-refractivity contribution is -0.139. The Balaban J connectivity index is 2.04. The van der Waals surface area contributed by atoms with Crippen LogP contribution in [0.2, 0.25) is 0 Å². The summed E-state index contributed by atoms with van der Waals surface area (Å²) in [5.74, 6) is -0.816. The van der Waals surface area contributed by atoms with Crippen molar-refractivity contribution in [2.24, 2.45) is 5.92 Å². The number of aliphatic carboxylic acids is 1. The van der Waals surface area contributed by atoms with Crippen molar-refractivity contribution >= 4 is 17.6 Å². The minimum absolute atomic E-state index is 0.135. The number of rotatable bonds is 13. The lowest BCUT2D eigenvalue weighted by Gasteiger charge is -2.24. The van der Waals surface area contributed by atoms with Crippen LogP contribution in [0.3, 0.4) is 0 Å². The minimum atomic E-state index is -0.884. The fourth-order valence-electron chi connectivity index (χ4n) is 3.81. The van der Waals surface area contributed by atoms with Crippen molar-refractivity contribution in [2.45, 2.75) is 83.4 Å². The quantitative estimate of drug-likeness (QED) is 0.278. The SMILES string of the molecule is CCCCCCCc1cnc(-c2ccc(C(C(=O)O)C(Cl)C(C)CCC)cc2)nc1. The van der Waals surface area contributed by atoms with Gasteiger partial charge in [-0.15, -0.1) is 11.6 Å². The number of carboxylic acid groups (broad SMARTS) is 1. The van der Waals surface area contributed by atoms with E-state index >= 15 is 0 Å². The number of hydrogen-bond acceptors (Lipinski definition) is 3. The van der Waals surface area contributed by atoms with Crippen molar-refractivity contribution in [2.75, 3.05) is 0 Å². The standard InChI is InChI=1S/C25H35ClN2O2/c1-4-6-7-8-9-11-19-16-27-24(28-17-19)21-14-12-20(13-15-21)22(25(29)30)23(26)18(3)10-5-2/h12-18,22-23H,4-11H2,1-3H3,(H,29,30). The van der Waals surface area contributed by atoms with E-state index in [1.54, 1.807) is 0 Å². The van der Waals surface area contributed by atoms with Crippen molar-refractivity contribution in [3.05, 3.63) is 47.8 Å². The average molecular weight is 431 g/mol. The lowest BCUT2D eigenvalue weighted by Crippen LogP contribution is -2.27. The molecule has 2 rings (SSSR count). The van der Waals surface area contributed by atoms with E-state index in [-0.39, 0.29) is 5.92 Å². The van der Waals surface area contributed by atoms with Gasteiger partial charge in [-0.05, 0) is 36.3 Å². The number of carbonyl (C=O) groups is 1. The number of unbranched alkanes of at least 4 members (excludes halogenated alkanes) is 4. The van der Waals surface area contributed by atoms with E-state index < -0.39 is 17.3 Å². The van der Waals surface area contributed by atoms with Gasteiger partial charge in [0.25, 0.3) is 0 Å². The summed E-state index contributed by atoms with van der Waals surface area (Å²) in [6, 6.07) is 7.46. The van der Waals surface area contributed by atoms with Crippen LogP contribution >= 0.6 is 11.6 Å². The van der Waals surface area contributed by atoms with E-state index in [1.807, 2.05) is 43.6 Å². The molecule has 3 atom stereocenters. The van der Waals surface area contributed by atoms with Crippen molar-refractivity contribution in [3.63, 3.8) is 0 Å². The Morgan fingerprint density at radius 1 is 1.00 bits per heavy atom. The number of aromatic nitrogens is 2. The molecular formula is C25H35ClN2O2. The Bertz CT molecular complexity index is 762. The van der Waals surface area contributed by atoms with Gasteiger partial charge in [0.2, 0.25) is 0 Å². The first-order valence-electron chi connectivity index (χ1n) is 11.3. The molecule has 0 aliphatic rings. The predicted octanol–water partition coefficient (Wildman–Crippen LogP) is 6.87. The van der Waals surface area contributed by atoms with Crippen LogP contribution in [0.1, 0.15) is 82.8 Å². The van der Waals surface area contributed by atoms with Gasteiger partial charge in [-0.1, -0.05) is 77.1 Å². The summed E-state index contributed by atoms with van der Waals surface area (Å²) in [6.45, 7) is 6.33. The topological polar surface area (TPSA) is 63.1 Å². The van der Waals surface area contributed by atoms with Crippen molar-refractivity contribution in [3.8, 4) is 11.4 Å². The highest BCUT2D eigenvalue weighted by Gasteiger charge is 2.31. The van der Waals surface area contributed by atoms with Crippen LogP contribution in [0, 0.1) is 5.92 Å². The molecular weight excluding hydrogens is 396 g/mol. The van der Waals surface area contributed by atoms with Crippen LogP contribution in [-0.2, 0) is 11.2 Å². The molecule has 0 aliphatic heterocycles. The smallest absolute Gasteiger partial charge is 0.312 e. The van der Waals surface area contributed by atoms with Gasteiger partial charge in [0.15, 0.2) is 5.82 Å². The first kappa shape index (κ1) is 24.3. The number of nitrogens with zero attached hydrogens (tertiary/aromatic N) is 2. The maximum Gasteiger partial charge on any atom is 0.312 e. The number of aryl methyl sites for hydroxylation is 1. The second kappa shape index (κ2) is 12.7. The number of hydrogen-bond donors (Lipinski definition) is 1. The molecule has 1 heterocycles. The number of carboxylic acids is 1. The summed E-state index contributed by atoms with van der Waals surface area (Å²) in [5.41, 5.74) is 2.76. The molecule has 164 valence electrons. The number of halogens is 1. The molecule has 0 aliphatic carbocycles. The van der Waals surface area contributed by atoms with Gasteiger partial charge < -0.3 is 5.11 Å². The molecule has 30 heavy (non-hydrogen) atoms. The highest BCUT2D eigenvalue weighted by molar-refractivity contribution is 6.22. The highest BCUT2D eigenvalue weighted by atomic mass is 35.5. The van der Waals surface area contributed by atoms with E-state index in [1.165, 1.54) is 32.1 Å². The molecule has 1 N–H and O–H groups in total. The molecule has 0 saturated carbocycles. The van der Waals surface area contributed by atoms with Gasteiger partial charge in [-0.25, -0.2) is 9.97 Å². The van der Waals surface area contributed by atoms with E-state index in [0.717, 1.165) is 36.0 Å². The Labute approximate surface area is 186 Å². The monoisotopic (exact) mass is 430 g/mol. The Morgan fingerprint density at radius 2 is 1.63 bits per heavy atom. The maximum atomic E-state index is 11.9. The van der Waals surface area contributed by atoms with Crippen LogP contribution < -0.4 is 0 Å². The third kappa shape index (κ3) is 7.09. The zero-order valence-corrected chi connectivity index (χ0v) is 19.2. The molecule has 0 fully saturated rings. The summed E-state index contributed by atoms with van der Waals surface area (Å²) in [7, 11) is 0. The molecule has 1 aromatic carbocycles. The van der Waals surface area contributed by atoms with E-state index in [0.29, 0.717) is 5.82 Å². The van der Waals surface area contributed by atoms with Gasteiger partial charge >= 0.3 is 5.97 Å². The van der Waals surface area contributed by atoms with Crippen LogP contribution in [-0.4, -0.2) is 26.4 Å². The fourth-order valence-corrected chi connectivity index (χ4v) is 4.19. The minimum Gasteiger partial charge on any atom is -0.481 e. The summed E-state index contributed by atoms with van der Waals surface area (Å²) < 4.78 is 0. The van der Waals surface area contributed by atoms with Gasteiger partial charge in [0.05, 0.1) is 11.3 Å². The summed E-state index contributed by atoms with van der Waals surface area (Å²) in [4.78, 5) is 20.9. The molecule has 0 spiro atoms. The fraction of sp³-hybridized carbons (Fsp3) is 0.560. The molecule has 5 heteroatoms. The molecule has 0 radical (unpaired) electrons. The van der Waals surface area contributed by atoms with E-state index in [9.17, 15) is 9.90 Å². The van der Waals surface area contributed by atoms with Gasteiger partial charge in [0, 0.05) is 18.0 Å². The number of benzene rings is 1. The first-order chi connectivity index (χ1) is 14.5. The molecule has 0 amide bonds. The van der Waals surface area contributed by atoms with Crippen molar-refractivity contribution in [1.82, 2.24) is 9.97 Å². The third-order valence-electron chi connectivity index (χ3n) is 5.67. The molecule has 3 unspecified atom stereocenters. The Kier molecular flexibility index (Phi) is 10.3. The van der Waals surface area contributed by atoms with Crippen LogP contribution in [0.5, 0.6) is 0 Å². The maximum absolute atomic E-state index is 11.9.